The highest BCUT2D eigenvalue weighted by atomic mass is 35.5. The first-order valence-corrected chi connectivity index (χ1v) is 8.16. The van der Waals surface area contributed by atoms with Crippen molar-refractivity contribution in [2.45, 2.75) is 38.6 Å². The molecule has 2 aliphatic rings. The molecule has 2 saturated carbocycles. The molecule has 2 aliphatic carbocycles. The van der Waals surface area contributed by atoms with Gasteiger partial charge in [-0.15, -0.1) is 0 Å². The van der Waals surface area contributed by atoms with Crippen LogP contribution in [0.3, 0.4) is 0 Å². The van der Waals surface area contributed by atoms with E-state index in [4.69, 9.17) is 23.2 Å². The van der Waals surface area contributed by atoms with Crippen LogP contribution >= 0.6 is 23.2 Å². The Bertz CT molecular complexity index is 578. The van der Waals surface area contributed by atoms with Crippen molar-refractivity contribution < 1.29 is 9.18 Å². The van der Waals surface area contributed by atoms with E-state index in [2.05, 4.69) is 5.32 Å². The average molecular weight is 330 g/mol. The Morgan fingerprint density at radius 1 is 1.29 bits per heavy atom. The number of benzene rings is 1. The van der Waals surface area contributed by atoms with Gasteiger partial charge in [0, 0.05) is 6.04 Å². The highest BCUT2D eigenvalue weighted by Gasteiger charge is 2.42. The van der Waals surface area contributed by atoms with Crippen molar-refractivity contribution in [1.82, 2.24) is 5.32 Å². The number of carbonyl (C=O) groups excluding carboxylic acids is 1. The molecule has 1 aromatic rings. The van der Waals surface area contributed by atoms with Crippen molar-refractivity contribution >= 4 is 29.1 Å². The second kappa shape index (κ2) is 5.77. The third-order valence-electron chi connectivity index (χ3n) is 5.05. The van der Waals surface area contributed by atoms with Crippen LogP contribution in [0.1, 0.15) is 43.0 Å². The Morgan fingerprint density at radius 3 is 2.67 bits per heavy atom. The van der Waals surface area contributed by atoms with Gasteiger partial charge in [-0.3, -0.25) is 4.79 Å². The van der Waals surface area contributed by atoms with Crippen molar-refractivity contribution in [1.29, 1.82) is 0 Å². The van der Waals surface area contributed by atoms with E-state index in [0.717, 1.165) is 17.9 Å². The monoisotopic (exact) mass is 329 g/mol. The molecule has 5 heteroatoms. The lowest BCUT2D eigenvalue weighted by Gasteiger charge is -2.28. The lowest BCUT2D eigenvalue weighted by Crippen LogP contribution is -2.40. The van der Waals surface area contributed by atoms with Gasteiger partial charge in [-0.1, -0.05) is 29.6 Å². The Balaban J connectivity index is 1.70. The highest BCUT2D eigenvalue weighted by molar-refractivity contribution is 6.36. The summed E-state index contributed by atoms with van der Waals surface area (Å²) in [6.45, 7) is 2.03. The number of rotatable bonds is 3. The first kappa shape index (κ1) is 15.1. The quantitative estimate of drug-likeness (QED) is 0.801. The fraction of sp³-hybridized carbons (Fsp3) is 0.562. The number of nitrogens with one attached hydrogen (secondary N) is 1. The van der Waals surface area contributed by atoms with Crippen LogP contribution in [0.4, 0.5) is 4.39 Å². The van der Waals surface area contributed by atoms with Gasteiger partial charge in [-0.2, -0.15) is 0 Å². The van der Waals surface area contributed by atoms with E-state index in [9.17, 15) is 9.18 Å². The molecule has 2 fully saturated rings. The summed E-state index contributed by atoms with van der Waals surface area (Å²) >= 11 is 11.6. The van der Waals surface area contributed by atoms with E-state index >= 15 is 0 Å². The van der Waals surface area contributed by atoms with Crippen molar-refractivity contribution in [3.63, 3.8) is 0 Å². The molecular formula is C16H18Cl2FNO. The van der Waals surface area contributed by atoms with E-state index in [0.29, 0.717) is 5.92 Å². The maximum atomic E-state index is 13.5. The molecule has 0 heterocycles. The zero-order chi connectivity index (χ0) is 15.1. The second-order valence-corrected chi connectivity index (χ2v) is 7.16. The third kappa shape index (κ3) is 2.91. The summed E-state index contributed by atoms with van der Waals surface area (Å²) in [7, 11) is 0. The van der Waals surface area contributed by atoms with Crippen LogP contribution < -0.4 is 5.32 Å². The number of halogens is 3. The Morgan fingerprint density at radius 2 is 2.05 bits per heavy atom. The minimum Gasteiger partial charge on any atom is -0.349 e. The molecule has 21 heavy (non-hydrogen) atoms. The molecule has 4 atom stereocenters. The third-order valence-corrected chi connectivity index (χ3v) is 5.65. The molecule has 2 nitrogen and oxygen atoms in total. The topological polar surface area (TPSA) is 29.1 Å². The summed E-state index contributed by atoms with van der Waals surface area (Å²) < 4.78 is 13.5. The number of fused-ring (bicyclic) bond motifs is 2. The minimum absolute atomic E-state index is 0.0716. The number of carbonyl (C=O) groups is 1. The lowest BCUT2D eigenvalue weighted by molar-refractivity contribution is 0.0915. The largest absolute Gasteiger partial charge is 0.349 e. The van der Waals surface area contributed by atoms with Crippen LogP contribution in [-0.2, 0) is 0 Å². The summed E-state index contributed by atoms with van der Waals surface area (Å²) in [5.74, 6) is 1.13. The SMILES string of the molecule is CC(NC(=O)c1cc(F)c(Cl)cc1Cl)C1CC2CCC1C2. The van der Waals surface area contributed by atoms with Crippen molar-refractivity contribution in [2.24, 2.45) is 17.8 Å². The standard InChI is InChI=1S/C16H18Cl2FNO/c1-8(11-5-9-2-3-10(11)4-9)20-16(21)12-6-15(19)14(18)7-13(12)17/h6-11H,2-5H2,1H3,(H,20,21). The Hall–Kier alpha value is -0.800. The second-order valence-electron chi connectivity index (χ2n) is 6.35. The molecule has 4 unspecified atom stereocenters. The van der Waals surface area contributed by atoms with Crippen LogP contribution in [0.15, 0.2) is 12.1 Å². The Labute approximate surface area is 134 Å². The van der Waals surface area contributed by atoms with E-state index in [-0.39, 0.29) is 27.6 Å². The summed E-state index contributed by atoms with van der Waals surface area (Å²) in [6.07, 6.45) is 5.08. The molecule has 114 valence electrons. The van der Waals surface area contributed by atoms with Crippen molar-refractivity contribution in [2.75, 3.05) is 0 Å². The fourth-order valence-electron chi connectivity index (χ4n) is 3.99. The van der Waals surface area contributed by atoms with E-state index < -0.39 is 5.82 Å². The van der Waals surface area contributed by atoms with Crippen LogP contribution in [0.25, 0.3) is 0 Å². The predicted octanol–water partition coefficient (Wildman–Crippen LogP) is 4.69. The molecule has 0 spiro atoms. The van der Waals surface area contributed by atoms with Gasteiger partial charge in [0.1, 0.15) is 5.82 Å². The minimum atomic E-state index is -0.626. The van der Waals surface area contributed by atoms with Gasteiger partial charge in [0.15, 0.2) is 0 Å². The fourth-order valence-corrected chi connectivity index (χ4v) is 4.46. The molecular weight excluding hydrogens is 312 g/mol. The number of hydrogen-bond acceptors (Lipinski definition) is 1. The number of hydrogen-bond donors (Lipinski definition) is 1. The van der Waals surface area contributed by atoms with E-state index in [1.807, 2.05) is 6.92 Å². The van der Waals surface area contributed by atoms with E-state index in [1.54, 1.807) is 0 Å². The van der Waals surface area contributed by atoms with Crippen molar-refractivity contribution in [3.05, 3.63) is 33.6 Å². The van der Waals surface area contributed by atoms with Crippen molar-refractivity contribution in [3.8, 4) is 0 Å². The zero-order valence-corrected chi connectivity index (χ0v) is 13.3. The van der Waals surface area contributed by atoms with Crippen LogP contribution in [0.5, 0.6) is 0 Å². The maximum absolute atomic E-state index is 13.5. The molecule has 1 N–H and O–H groups in total. The molecule has 3 rings (SSSR count). The summed E-state index contributed by atoms with van der Waals surface area (Å²) in [4.78, 5) is 12.3. The molecule has 2 bridgehead atoms. The summed E-state index contributed by atoms with van der Waals surface area (Å²) in [5.41, 5.74) is 0.147. The first-order chi connectivity index (χ1) is 9.95. The normalized spacial score (nSPS) is 28.7. The molecule has 0 aliphatic heterocycles. The van der Waals surface area contributed by atoms with Crippen LogP contribution in [0.2, 0.25) is 10.0 Å². The van der Waals surface area contributed by atoms with Gasteiger partial charge in [0.2, 0.25) is 0 Å². The van der Waals surface area contributed by atoms with Gasteiger partial charge in [-0.05, 0) is 56.1 Å². The predicted molar refractivity (Wildman–Crippen MR) is 82.3 cm³/mol. The maximum Gasteiger partial charge on any atom is 0.253 e. The Kier molecular flexibility index (Phi) is 4.15. The molecule has 0 radical (unpaired) electrons. The van der Waals surface area contributed by atoms with Crippen LogP contribution in [0, 0.1) is 23.6 Å². The van der Waals surface area contributed by atoms with Gasteiger partial charge in [0.05, 0.1) is 15.6 Å². The average Bonchev–Trinajstić information content (AvgIpc) is 3.05. The van der Waals surface area contributed by atoms with Gasteiger partial charge in [0.25, 0.3) is 5.91 Å². The smallest absolute Gasteiger partial charge is 0.253 e. The zero-order valence-electron chi connectivity index (χ0n) is 11.8. The summed E-state index contributed by atoms with van der Waals surface area (Å²) in [5, 5.41) is 3.09. The van der Waals surface area contributed by atoms with E-state index in [1.165, 1.54) is 31.7 Å². The molecule has 0 aromatic heterocycles. The summed E-state index contributed by atoms with van der Waals surface area (Å²) in [6, 6.07) is 2.46. The molecule has 1 amide bonds. The molecule has 1 aromatic carbocycles. The number of amides is 1. The van der Waals surface area contributed by atoms with Crippen LogP contribution in [-0.4, -0.2) is 11.9 Å². The first-order valence-electron chi connectivity index (χ1n) is 7.41. The lowest BCUT2D eigenvalue weighted by atomic mass is 9.84. The highest BCUT2D eigenvalue weighted by Crippen LogP contribution is 2.49. The van der Waals surface area contributed by atoms with Gasteiger partial charge < -0.3 is 5.32 Å². The van der Waals surface area contributed by atoms with Gasteiger partial charge >= 0.3 is 0 Å². The van der Waals surface area contributed by atoms with Gasteiger partial charge in [-0.25, -0.2) is 4.39 Å². The molecule has 0 saturated heterocycles.